The Labute approximate surface area is 187 Å². The molecule has 0 radical (unpaired) electrons. The summed E-state index contributed by atoms with van der Waals surface area (Å²) in [6.45, 7) is 0. The second-order valence-electron chi connectivity index (χ2n) is 7.17. The van der Waals surface area contributed by atoms with Gasteiger partial charge in [0.15, 0.2) is 5.82 Å². The van der Waals surface area contributed by atoms with Crippen LogP contribution >= 0.6 is 0 Å². The van der Waals surface area contributed by atoms with Crippen LogP contribution in [0.1, 0.15) is 29.8 Å². The number of rotatable bonds is 9. The number of carbonyl (C=O) groups is 2. The van der Waals surface area contributed by atoms with E-state index in [2.05, 4.69) is 15.5 Å². The number of hydrogen-bond donors (Lipinski definition) is 2. The molecule has 0 saturated carbocycles. The molecule has 0 unspecified atom stereocenters. The molecule has 0 saturated heterocycles. The number of carboxylic acid groups (broad SMARTS) is 1. The van der Waals surface area contributed by atoms with Crippen LogP contribution in [0.15, 0.2) is 60.7 Å². The zero-order valence-corrected chi connectivity index (χ0v) is 17.5. The molecule has 8 nitrogen and oxygen atoms in total. The van der Waals surface area contributed by atoms with E-state index in [1.54, 1.807) is 31.3 Å². The third kappa shape index (κ3) is 6.23. The van der Waals surface area contributed by atoms with E-state index in [-0.39, 0.29) is 0 Å². The maximum absolute atomic E-state index is 13.6. The maximum atomic E-state index is 13.6. The number of aliphatic carboxylic acids is 1. The van der Waals surface area contributed by atoms with Crippen LogP contribution in [0.25, 0.3) is 11.1 Å². The molecule has 0 aliphatic heterocycles. The van der Waals surface area contributed by atoms with Crippen molar-refractivity contribution in [3.8, 4) is 0 Å². The third-order valence-corrected chi connectivity index (χ3v) is 4.67. The highest BCUT2D eigenvalue weighted by Crippen LogP contribution is 2.32. The molecule has 0 aliphatic rings. The summed E-state index contributed by atoms with van der Waals surface area (Å²) >= 11 is 0. The van der Waals surface area contributed by atoms with E-state index in [1.807, 2.05) is 0 Å². The van der Waals surface area contributed by atoms with Crippen LogP contribution in [0, 0.1) is 11.6 Å². The van der Waals surface area contributed by atoms with Crippen molar-refractivity contribution < 1.29 is 28.6 Å². The first-order chi connectivity index (χ1) is 15.7. The molecule has 2 N–H and O–H groups in total. The van der Waals surface area contributed by atoms with Crippen LogP contribution in [0.5, 0.6) is 0 Å². The lowest BCUT2D eigenvalue weighted by Crippen LogP contribution is -2.14. The topological polar surface area (TPSA) is 118 Å². The number of ketones is 1. The first kappa shape index (κ1) is 23.6. The van der Waals surface area contributed by atoms with Crippen molar-refractivity contribution in [3.05, 3.63) is 89.3 Å². The second kappa shape index (κ2) is 10.5. The Morgan fingerprint density at radius 1 is 1.03 bits per heavy atom. The Morgan fingerprint density at radius 2 is 1.58 bits per heavy atom. The molecule has 1 aromatic heterocycles. The number of allylic oxidation sites excluding steroid dienone is 2. The van der Waals surface area contributed by atoms with Gasteiger partial charge in [0.1, 0.15) is 23.8 Å². The summed E-state index contributed by atoms with van der Waals surface area (Å²) in [5.74, 6) is -2.51. The third-order valence-electron chi connectivity index (χ3n) is 4.67. The van der Waals surface area contributed by atoms with Crippen molar-refractivity contribution in [2.45, 2.75) is 18.9 Å². The Bertz CT molecular complexity index is 1150. The number of nitrogens with zero attached hydrogens (tertiary/aromatic N) is 4. The van der Waals surface area contributed by atoms with Gasteiger partial charge in [-0.1, -0.05) is 36.4 Å². The molecule has 0 amide bonds. The fourth-order valence-corrected chi connectivity index (χ4v) is 3.19. The molecule has 1 heterocycles. The smallest absolute Gasteiger partial charge is 0.310 e. The highest BCUT2D eigenvalue weighted by atomic mass is 19.1. The Kier molecular flexibility index (Phi) is 7.52. The van der Waals surface area contributed by atoms with Crippen molar-refractivity contribution in [1.82, 2.24) is 20.2 Å². The largest absolute Gasteiger partial charge is 0.481 e. The lowest BCUT2D eigenvalue weighted by Gasteiger charge is -2.14. The summed E-state index contributed by atoms with van der Waals surface area (Å²) in [5.41, 5.74) is 2.07. The van der Waals surface area contributed by atoms with E-state index in [9.17, 15) is 23.5 Å². The first-order valence-corrected chi connectivity index (χ1v) is 9.83. The van der Waals surface area contributed by atoms with Crippen molar-refractivity contribution in [2.24, 2.45) is 7.05 Å². The molecule has 10 heteroatoms. The van der Waals surface area contributed by atoms with E-state index < -0.39 is 42.3 Å². The van der Waals surface area contributed by atoms with Gasteiger partial charge in [-0.25, -0.2) is 13.5 Å². The van der Waals surface area contributed by atoms with Gasteiger partial charge < -0.3 is 10.2 Å². The number of benzene rings is 2. The molecule has 1 atom stereocenters. The maximum Gasteiger partial charge on any atom is 0.310 e. The number of aliphatic hydroxyl groups excluding tert-OH is 1. The molecular formula is C23H20F2N4O4. The van der Waals surface area contributed by atoms with Crippen molar-refractivity contribution in [1.29, 1.82) is 0 Å². The zero-order valence-electron chi connectivity index (χ0n) is 17.5. The average molecular weight is 454 g/mol. The lowest BCUT2D eigenvalue weighted by atomic mass is 9.91. The quantitative estimate of drug-likeness (QED) is 0.377. The minimum atomic E-state index is -1.28. The van der Waals surface area contributed by atoms with Crippen LogP contribution in [0.2, 0.25) is 0 Å². The van der Waals surface area contributed by atoms with Crippen LogP contribution in [0.3, 0.4) is 0 Å². The van der Waals surface area contributed by atoms with Crippen LogP contribution in [-0.4, -0.2) is 48.3 Å². The number of hydrogen-bond acceptors (Lipinski definition) is 6. The first-order valence-electron chi connectivity index (χ1n) is 9.83. The molecule has 33 heavy (non-hydrogen) atoms. The number of aliphatic hydroxyl groups is 1. The van der Waals surface area contributed by atoms with Gasteiger partial charge >= 0.3 is 5.97 Å². The number of carbonyl (C=O) groups excluding carboxylic acids is 1. The number of aromatic nitrogens is 4. The van der Waals surface area contributed by atoms with Crippen molar-refractivity contribution in [2.75, 3.05) is 0 Å². The van der Waals surface area contributed by atoms with E-state index >= 15 is 0 Å². The Balaban J connectivity index is 2.14. The molecule has 0 spiro atoms. The normalized spacial score (nSPS) is 12.0. The fourth-order valence-electron chi connectivity index (χ4n) is 3.19. The number of aryl methyl sites for hydroxylation is 1. The monoisotopic (exact) mass is 454 g/mol. The fraction of sp³-hybridized carbons (Fsp3) is 0.174. The Morgan fingerprint density at radius 3 is 2.03 bits per heavy atom. The van der Waals surface area contributed by atoms with Crippen LogP contribution in [0.4, 0.5) is 8.78 Å². The lowest BCUT2D eigenvalue weighted by molar-refractivity contribution is -0.140. The number of tetrazole rings is 1. The molecule has 2 aromatic carbocycles. The van der Waals surface area contributed by atoms with Gasteiger partial charge in [0.2, 0.25) is 0 Å². The summed E-state index contributed by atoms with van der Waals surface area (Å²) in [4.78, 5) is 22.4. The van der Waals surface area contributed by atoms with E-state index in [0.29, 0.717) is 28.1 Å². The van der Waals surface area contributed by atoms with Crippen LogP contribution in [-0.2, 0) is 16.6 Å². The van der Waals surface area contributed by atoms with Gasteiger partial charge in [-0.05, 0) is 51.4 Å². The van der Waals surface area contributed by atoms with Gasteiger partial charge in [0.05, 0.1) is 6.10 Å². The standard InChI is InChI=1S/C23H20F2N4O4/c1-29-23(26-27-28-29)20(11-10-18(30)12-19(31)13-21(32)33)22(14-2-6-16(24)7-3-14)15-4-8-17(25)9-5-15/h2-11,18,30H,12-13H2,1H3,(H,32,33)/b11-10+/t18-/m1/s1. The minimum absolute atomic E-state index is 0.291. The summed E-state index contributed by atoms with van der Waals surface area (Å²) in [7, 11) is 1.60. The Hall–Kier alpha value is -4.05. The molecule has 0 bridgehead atoms. The zero-order chi connectivity index (χ0) is 24.0. The number of halogens is 2. The molecule has 3 aromatic rings. The van der Waals surface area contributed by atoms with Gasteiger partial charge in [0.25, 0.3) is 0 Å². The summed E-state index contributed by atoms with van der Waals surface area (Å²) in [6.07, 6.45) is 0.450. The highest BCUT2D eigenvalue weighted by Gasteiger charge is 2.18. The highest BCUT2D eigenvalue weighted by molar-refractivity contribution is 6.01. The second-order valence-corrected chi connectivity index (χ2v) is 7.17. The van der Waals surface area contributed by atoms with E-state index in [4.69, 9.17) is 5.11 Å². The van der Waals surface area contributed by atoms with Gasteiger partial charge in [0, 0.05) is 19.0 Å². The van der Waals surface area contributed by atoms with Crippen molar-refractivity contribution >= 4 is 22.9 Å². The molecule has 3 rings (SSSR count). The minimum Gasteiger partial charge on any atom is -0.481 e. The molecular weight excluding hydrogens is 434 g/mol. The SMILES string of the molecule is Cn1nnnc1C(/C=C/[C@@H](O)CC(=O)CC(=O)O)=C(c1ccc(F)cc1)c1ccc(F)cc1. The average Bonchev–Trinajstić information content (AvgIpc) is 3.18. The predicted octanol–water partition coefficient (Wildman–Crippen LogP) is 2.80. The summed E-state index contributed by atoms with van der Waals surface area (Å²) in [5, 5.41) is 30.5. The van der Waals surface area contributed by atoms with Gasteiger partial charge in [-0.15, -0.1) is 5.10 Å². The summed E-state index contributed by atoms with van der Waals surface area (Å²) in [6, 6.07) is 11.3. The number of Topliss-reactive ketones (excluding diaryl/α,β-unsaturated/α-hetero) is 1. The van der Waals surface area contributed by atoms with E-state index in [1.165, 1.54) is 41.1 Å². The van der Waals surface area contributed by atoms with Crippen LogP contribution < -0.4 is 0 Å². The predicted molar refractivity (Wildman–Crippen MR) is 115 cm³/mol. The van der Waals surface area contributed by atoms with Crippen molar-refractivity contribution in [3.63, 3.8) is 0 Å². The summed E-state index contributed by atoms with van der Waals surface area (Å²) < 4.78 is 28.6. The number of carboxylic acids is 1. The molecule has 0 aliphatic carbocycles. The van der Waals surface area contributed by atoms with Gasteiger partial charge in [-0.3, -0.25) is 9.59 Å². The van der Waals surface area contributed by atoms with E-state index in [0.717, 1.165) is 0 Å². The van der Waals surface area contributed by atoms with Gasteiger partial charge in [-0.2, -0.15) is 0 Å². The molecule has 170 valence electrons. The molecule has 0 fully saturated rings.